The van der Waals surface area contributed by atoms with Gasteiger partial charge in [0.05, 0.1) is 17.7 Å². The second-order valence-corrected chi connectivity index (χ2v) is 12.4. The van der Waals surface area contributed by atoms with Crippen LogP contribution in [-0.4, -0.2) is 51.4 Å². The van der Waals surface area contributed by atoms with E-state index in [2.05, 4.69) is 5.32 Å². The molecule has 4 rings (SSSR count). The van der Waals surface area contributed by atoms with Crippen LogP contribution in [-0.2, 0) is 32.6 Å². The number of ether oxygens (including phenoxy) is 1. The van der Waals surface area contributed by atoms with Gasteiger partial charge >= 0.3 is 0 Å². The van der Waals surface area contributed by atoms with E-state index in [1.54, 1.807) is 36.4 Å². The number of hydrogen-bond donors (Lipinski definition) is 1. The van der Waals surface area contributed by atoms with E-state index in [1.165, 1.54) is 24.1 Å². The number of amides is 2. The van der Waals surface area contributed by atoms with Crippen molar-refractivity contribution in [3.63, 3.8) is 0 Å². The van der Waals surface area contributed by atoms with Crippen LogP contribution in [0.1, 0.15) is 30.0 Å². The second-order valence-electron chi connectivity index (χ2n) is 10.5. The van der Waals surface area contributed by atoms with E-state index in [0.29, 0.717) is 18.0 Å². The predicted molar refractivity (Wildman–Crippen MR) is 173 cm³/mol. The Hall–Kier alpha value is -4.63. The lowest BCUT2D eigenvalue weighted by Gasteiger charge is -2.34. The third-order valence-electron chi connectivity index (χ3n) is 7.26. The fraction of sp³-hybridized carbons (Fsp3) is 0.257. The zero-order valence-corrected chi connectivity index (χ0v) is 26.2. The van der Waals surface area contributed by atoms with Gasteiger partial charge in [-0.1, -0.05) is 85.3 Å². The molecule has 0 saturated carbocycles. The highest BCUT2D eigenvalue weighted by molar-refractivity contribution is 7.92. The minimum atomic E-state index is -4.17. The molecule has 0 aliphatic heterocycles. The number of benzene rings is 4. The number of rotatable bonds is 14. The number of methoxy groups -OCH3 is 1. The van der Waals surface area contributed by atoms with E-state index in [0.717, 1.165) is 27.4 Å². The van der Waals surface area contributed by atoms with E-state index in [1.807, 2.05) is 74.5 Å². The summed E-state index contributed by atoms with van der Waals surface area (Å²) in [6.07, 6.45) is 0.999. The molecule has 4 aromatic carbocycles. The van der Waals surface area contributed by atoms with Crippen molar-refractivity contribution in [3.8, 4) is 5.75 Å². The van der Waals surface area contributed by atoms with Crippen LogP contribution in [0.2, 0.25) is 0 Å². The van der Waals surface area contributed by atoms with Crippen LogP contribution in [0.15, 0.2) is 114 Å². The maximum atomic E-state index is 14.4. The first-order chi connectivity index (χ1) is 21.2. The third kappa shape index (κ3) is 8.26. The topological polar surface area (TPSA) is 96.0 Å². The van der Waals surface area contributed by atoms with Gasteiger partial charge < -0.3 is 15.0 Å². The molecular formula is C35H39N3O5S. The number of hydrogen-bond acceptors (Lipinski definition) is 5. The van der Waals surface area contributed by atoms with Crippen molar-refractivity contribution >= 4 is 27.5 Å². The molecule has 4 aromatic rings. The normalized spacial score (nSPS) is 11.8. The fourth-order valence-corrected chi connectivity index (χ4v) is 6.23. The Labute approximate surface area is 260 Å². The second kappa shape index (κ2) is 15.2. The lowest BCUT2D eigenvalue weighted by Crippen LogP contribution is -2.53. The Kier molecular flexibility index (Phi) is 11.2. The van der Waals surface area contributed by atoms with Crippen LogP contribution >= 0.6 is 0 Å². The summed E-state index contributed by atoms with van der Waals surface area (Å²) in [5.74, 6) is -0.251. The molecule has 0 radical (unpaired) electrons. The zero-order valence-electron chi connectivity index (χ0n) is 25.3. The molecule has 230 valence electrons. The Morgan fingerprint density at radius 2 is 1.41 bits per heavy atom. The number of sulfonamides is 1. The van der Waals surface area contributed by atoms with Crippen molar-refractivity contribution in [2.75, 3.05) is 24.5 Å². The van der Waals surface area contributed by atoms with Crippen LogP contribution in [0, 0.1) is 6.92 Å². The molecule has 8 nitrogen and oxygen atoms in total. The Bertz CT molecular complexity index is 1610. The molecule has 1 unspecified atom stereocenters. The summed E-state index contributed by atoms with van der Waals surface area (Å²) >= 11 is 0. The summed E-state index contributed by atoms with van der Waals surface area (Å²) in [6.45, 7) is 3.90. The average molecular weight is 614 g/mol. The van der Waals surface area contributed by atoms with Gasteiger partial charge in [-0.05, 0) is 60.9 Å². The van der Waals surface area contributed by atoms with Gasteiger partial charge in [-0.2, -0.15) is 0 Å². The summed E-state index contributed by atoms with van der Waals surface area (Å²) in [5.41, 5.74) is 2.91. The first kappa shape index (κ1) is 32.3. The summed E-state index contributed by atoms with van der Waals surface area (Å²) < 4.78 is 34.6. The Morgan fingerprint density at radius 3 is 1.98 bits per heavy atom. The molecule has 1 atom stereocenters. The summed E-state index contributed by atoms with van der Waals surface area (Å²) in [6, 6.07) is 31.0. The number of carbonyl (C=O) groups is 2. The number of aryl methyl sites for hydroxylation is 1. The molecule has 0 bridgehead atoms. The van der Waals surface area contributed by atoms with Crippen LogP contribution in [0.5, 0.6) is 5.75 Å². The van der Waals surface area contributed by atoms with Gasteiger partial charge in [0.15, 0.2) is 0 Å². The maximum Gasteiger partial charge on any atom is 0.264 e. The molecule has 0 aliphatic carbocycles. The lowest BCUT2D eigenvalue weighted by atomic mass is 10.0. The van der Waals surface area contributed by atoms with E-state index >= 15 is 0 Å². The standard InChI is InChI=1S/C35H39N3O5S/c1-4-23-36-35(40)33(24-28-11-7-5-8-12-28)37(25-29-13-9-6-10-14-29)34(39)26-38(30-17-19-31(43-3)20-18-30)44(41,42)32-21-15-27(2)16-22-32/h5-22,33H,4,23-26H2,1-3H3,(H,36,40). The van der Waals surface area contributed by atoms with E-state index in [-0.39, 0.29) is 23.8 Å². The first-order valence-electron chi connectivity index (χ1n) is 14.6. The van der Waals surface area contributed by atoms with Crippen molar-refractivity contribution in [2.24, 2.45) is 0 Å². The average Bonchev–Trinajstić information content (AvgIpc) is 3.05. The summed E-state index contributed by atoms with van der Waals surface area (Å²) in [4.78, 5) is 29.6. The highest BCUT2D eigenvalue weighted by Gasteiger charge is 2.34. The monoisotopic (exact) mass is 613 g/mol. The Morgan fingerprint density at radius 1 is 0.818 bits per heavy atom. The van der Waals surface area contributed by atoms with Gasteiger partial charge in [-0.15, -0.1) is 0 Å². The molecule has 0 saturated heterocycles. The zero-order chi connectivity index (χ0) is 31.5. The molecule has 9 heteroatoms. The number of carbonyl (C=O) groups excluding carboxylic acids is 2. The minimum absolute atomic E-state index is 0.0582. The molecule has 0 heterocycles. The quantitative estimate of drug-likeness (QED) is 0.207. The van der Waals surface area contributed by atoms with Crippen LogP contribution in [0.4, 0.5) is 5.69 Å². The number of nitrogens with zero attached hydrogens (tertiary/aromatic N) is 2. The van der Waals surface area contributed by atoms with E-state index in [9.17, 15) is 18.0 Å². The molecular weight excluding hydrogens is 574 g/mol. The minimum Gasteiger partial charge on any atom is -0.497 e. The number of anilines is 1. The molecule has 0 fully saturated rings. The highest BCUT2D eigenvalue weighted by Crippen LogP contribution is 2.27. The fourth-order valence-electron chi connectivity index (χ4n) is 4.81. The van der Waals surface area contributed by atoms with Crippen molar-refractivity contribution in [1.82, 2.24) is 10.2 Å². The summed E-state index contributed by atoms with van der Waals surface area (Å²) in [7, 11) is -2.64. The van der Waals surface area contributed by atoms with Crippen LogP contribution in [0.25, 0.3) is 0 Å². The van der Waals surface area contributed by atoms with Crippen molar-refractivity contribution in [3.05, 3.63) is 126 Å². The van der Waals surface area contributed by atoms with Crippen LogP contribution < -0.4 is 14.4 Å². The molecule has 0 spiro atoms. The van der Waals surface area contributed by atoms with Gasteiger partial charge in [-0.25, -0.2) is 8.42 Å². The largest absolute Gasteiger partial charge is 0.497 e. The predicted octanol–water partition coefficient (Wildman–Crippen LogP) is 5.37. The third-order valence-corrected chi connectivity index (χ3v) is 9.05. The van der Waals surface area contributed by atoms with E-state index in [4.69, 9.17) is 4.74 Å². The maximum absolute atomic E-state index is 14.4. The van der Waals surface area contributed by atoms with Gasteiger partial charge in [0.2, 0.25) is 11.8 Å². The molecule has 1 N–H and O–H groups in total. The summed E-state index contributed by atoms with van der Waals surface area (Å²) in [5, 5.41) is 2.95. The van der Waals surface area contributed by atoms with Gasteiger partial charge in [0.25, 0.3) is 10.0 Å². The highest BCUT2D eigenvalue weighted by atomic mass is 32.2. The van der Waals surface area contributed by atoms with Crippen LogP contribution in [0.3, 0.4) is 0 Å². The van der Waals surface area contributed by atoms with Crippen molar-refractivity contribution < 1.29 is 22.7 Å². The Balaban J connectivity index is 1.78. The van der Waals surface area contributed by atoms with Crippen molar-refractivity contribution in [1.29, 1.82) is 0 Å². The first-order valence-corrected chi connectivity index (χ1v) is 16.1. The molecule has 0 aromatic heterocycles. The molecule has 44 heavy (non-hydrogen) atoms. The van der Waals surface area contributed by atoms with Gasteiger partial charge in [0.1, 0.15) is 18.3 Å². The molecule has 2 amide bonds. The van der Waals surface area contributed by atoms with Gasteiger partial charge in [0, 0.05) is 19.5 Å². The van der Waals surface area contributed by atoms with Gasteiger partial charge in [-0.3, -0.25) is 13.9 Å². The lowest BCUT2D eigenvalue weighted by molar-refractivity contribution is -0.140. The van der Waals surface area contributed by atoms with E-state index < -0.39 is 28.5 Å². The SMILES string of the molecule is CCCNC(=O)C(Cc1ccccc1)N(Cc1ccccc1)C(=O)CN(c1ccc(OC)cc1)S(=O)(=O)c1ccc(C)cc1. The smallest absolute Gasteiger partial charge is 0.264 e. The number of nitrogens with one attached hydrogen (secondary N) is 1. The van der Waals surface area contributed by atoms with Crippen molar-refractivity contribution in [2.45, 2.75) is 44.2 Å². The molecule has 0 aliphatic rings.